The Labute approximate surface area is 102 Å². The molecule has 0 amide bonds. The molecule has 6 heteroatoms. The normalized spacial score (nSPS) is 10.2. The Hall–Kier alpha value is -2.01. The number of aromatic nitrogens is 1. The third-order valence-corrected chi connectivity index (χ3v) is 2.46. The minimum Gasteiger partial charge on any atom is -0.495 e. The van der Waals surface area contributed by atoms with Gasteiger partial charge in [0, 0.05) is 11.6 Å². The van der Waals surface area contributed by atoms with Gasteiger partial charge in [-0.05, 0) is 18.2 Å². The highest BCUT2D eigenvalue weighted by Crippen LogP contribution is 2.29. The number of hydrogen-bond acceptors (Lipinski definition) is 4. The van der Waals surface area contributed by atoms with Gasteiger partial charge in [-0.15, -0.1) is 0 Å². The van der Waals surface area contributed by atoms with Crippen molar-refractivity contribution in [1.82, 2.24) is 5.16 Å². The van der Waals surface area contributed by atoms with Crippen molar-refractivity contribution in [2.45, 2.75) is 0 Å². The lowest BCUT2D eigenvalue weighted by Gasteiger charge is -2.03. The van der Waals surface area contributed by atoms with Crippen molar-refractivity contribution in [3.05, 3.63) is 35.0 Å². The zero-order valence-corrected chi connectivity index (χ0v) is 9.56. The molecular weight excluding hydrogens is 246 g/mol. The third kappa shape index (κ3) is 2.24. The molecule has 0 fully saturated rings. The lowest BCUT2D eigenvalue weighted by atomic mass is 10.1. The number of aromatic carboxylic acids is 1. The molecule has 0 aliphatic heterocycles. The van der Waals surface area contributed by atoms with Gasteiger partial charge in [0.05, 0.1) is 12.1 Å². The molecule has 0 atom stereocenters. The van der Waals surface area contributed by atoms with Crippen LogP contribution in [0.4, 0.5) is 0 Å². The number of carbonyl (C=O) groups is 1. The van der Waals surface area contributed by atoms with Crippen molar-refractivity contribution in [3.8, 4) is 17.0 Å². The average Bonchev–Trinajstić information content (AvgIpc) is 2.78. The summed E-state index contributed by atoms with van der Waals surface area (Å²) in [6.45, 7) is 0. The first-order valence-corrected chi connectivity index (χ1v) is 5.03. The first kappa shape index (κ1) is 11.5. The van der Waals surface area contributed by atoms with Gasteiger partial charge in [0.25, 0.3) is 0 Å². The Kier molecular flexibility index (Phi) is 3.01. The molecule has 0 aliphatic rings. The van der Waals surface area contributed by atoms with E-state index in [1.807, 2.05) is 0 Å². The second-order valence-electron chi connectivity index (χ2n) is 3.23. The van der Waals surface area contributed by atoms with Gasteiger partial charge < -0.3 is 14.4 Å². The van der Waals surface area contributed by atoms with Crippen LogP contribution in [0.25, 0.3) is 11.3 Å². The molecule has 2 aromatic rings. The second kappa shape index (κ2) is 4.47. The Morgan fingerprint density at radius 3 is 2.76 bits per heavy atom. The Morgan fingerprint density at radius 2 is 2.24 bits per heavy atom. The summed E-state index contributed by atoms with van der Waals surface area (Å²) >= 11 is 5.95. The van der Waals surface area contributed by atoms with Crippen LogP contribution in [-0.2, 0) is 0 Å². The highest BCUT2D eigenvalue weighted by Gasteiger charge is 2.13. The summed E-state index contributed by atoms with van der Waals surface area (Å²) in [5.74, 6) is -0.840. The highest BCUT2D eigenvalue weighted by molar-refractivity contribution is 6.32. The maximum atomic E-state index is 10.6. The molecule has 17 heavy (non-hydrogen) atoms. The van der Waals surface area contributed by atoms with Gasteiger partial charge in [0.15, 0.2) is 0 Å². The number of nitrogens with zero attached hydrogens (tertiary/aromatic N) is 1. The third-order valence-electron chi connectivity index (χ3n) is 2.17. The summed E-state index contributed by atoms with van der Waals surface area (Å²) in [6, 6.07) is 6.35. The molecule has 1 N–H and O–H groups in total. The zero-order valence-electron chi connectivity index (χ0n) is 8.81. The molecule has 0 saturated heterocycles. The number of carboxylic acid groups (broad SMARTS) is 1. The summed E-state index contributed by atoms with van der Waals surface area (Å²) in [6.07, 6.45) is 0. The van der Waals surface area contributed by atoms with E-state index in [-0.39, 0.29) is 5.76 Å². The van der Waals surface area contributed by atoms with Gasteiger partial charge >= 0.3 is 5.97 Å². The van der Waals surface area contributed by atoms with Crippen molar-refractivity contribution >= 4 is 17.6 Å². The molecule has 5 nitrogen and oxygen atoms in total. The molecule has 1 aromatic heterocycles. The summed E-state index contributed by atoms with van der Waals surface area (Å²) in [5, 5.41) is 12.8. The smallest absolute Gasteiger partial charge is 0.374 e. The van der Waals surface area contributed by atoms with Crippen molar-refractivity contribution < 1.29 is 19.2 Å². The van der Waals surface area contributed by atoms with Crippen molar-refractivity contribution in [3.63, 3.8) is 0 Å². The van der Waals surface area contributed by atoms with E-state index in [0.29, 0.717) is 22.0 Å². The molecule has 1 aromatic carbocycles. The Morgan fingerprint density at radius 1 is 1.47 bits per heavy atom. The number of hydrogen-bond donors (Lipinski definition) is 1. The first-order valence-electron chi connectivity index (χ1n) is 4.65. The van der Waals surface area contributed by atoms with Crippen LogP contribution >= 0.6 is 11.6 Å². The number of benzene rings is 1. The summed E-state index contributed by atoms with van der Waals surface area (Å²) in [4.78, 5) is 10.6. The molecule has 0 radical (unpaired) electrons. The molecule has 0 spiro atoms. The molecule has 0 unspecified atom stereocenters. The van der Waals surface area contributed by atoms with E-state index in [1.54, 1.807) is 18.2 Å². The van der Waals surface area contributed by atoms with E-state index in [9.17, 15) is 4.79 Å². The van der Waals surface area contributed by atoms with Gasteiger partial charge in [0.2, 0.25) is 5.76 Å². The number of halogens is 1. The van der Waals surface area contributed by atoms with E-state index in [1.165, 1.54) is 13.2 Å². The fourth-order valence-electron chi connectivity index (χ4n) is 1.34. The fourth-order valence-corrected chi connectivity index (χ4v) is 1.60. The summed E-state index contributed by atoms with van der Waals surface area (Å²) in [7, 11) is 1.51. The monoisotopic (exact) mass is 253 g/mol. The standard InChI is InChI=1S/C11H8ClNO4/c1-16-9-3-2-6(4-7(9)12)8-5-10(11(14)15)17-13-8/h2-5H,1H3,(H,14,15). The van der Waals surface area contributed by atoms with Crippen LogP contribution in [0.5, 0.6) is 5.75 Å². The number of carboxylic acids is 1. The van der Waals surface area contributed by atoms with Crippen LogP contribution < -0.4 is 4.74 Å². The zero-order chi connectivity index (χ0) is 12.4. The minimum atomic E-state index is -1.16. The van der Waals surface area contributed by atoms with Crippen molar-refractivity contribution in [2.24, 2.45) is 0 Å². The van der Waals surface area contributed by atoms with Gasteiger partial charge in [-0.1, -0.05) is 16.8 Å². The van der Waals surface area contributed by atoms with E-state index in [2.05, 4.69) is 9.68 Å². The maximum absolute atomic E-state index is 10.6. The van der Waals surface area contributed by atoms with Gasteiger partial charge in [-0.3, -0.25) is 0 Å². The van der Waals surface area contributed by atoms with Gasteiger partial charge in [-0.2, -0.15) is 0 Å². The van der Waals surface area contributed by atoms with Gasteiger partial charge in [-0.25, -0.2) is 4.79 Å². The molecule has 2 rings (SSSR count). The van der Waals surface area contributed by atoms with E-state index >= 15 is 0 Å². The number of ether oxygens (including phenoxy) is 1. The summed E-state index contributed by atoms with van der Waals surface area (Å²) in [5.41, 5.74) is 1.07. The fraction of sp³-hybridized carbons (Fsp3) is 0.0909. The SMILES string of the molecule is COc1ccc(-c2cc(C(=O)O)on2)cc1Cl. The average molecular weight is 254 g/mol. The predicted molar refractivity (Wildman–Crippen MR) is 60.5 cm³/mol. The van der Waals surface area contributed by atoms with E-state index in [0.717, 1.165) is 0 Å². The van der Waals surface area contributed by atoms with Crippen LogP contribution in [0.15, 0.2) is 28.8 Å². The lowest BCUT2D eigenvalue weighted by molar-refractivity contribution is 0.0652. The molecule has 0 saturated carbocycles. The molecule has 1 heterocycles. The predicted octanol–water partition coefficient (Wildman–Crippen LogP) is 2.70. The highest BCUT2D eigenvalue weighted by atomic mass is 35.5. The Balaban J connectivity index is 2.39. The summed E-state index contributed by atoms with van der Waals surface area (Å²) < 4.78 is 9.66. The first-order chi connectivity index (χ1) is 8.11. The van der Waals surface area contributed by atoms with Crippen LogP contribution in [0.2, 0.25) is 5.02 Å². The van der Waals surface area contributed by atoms with Crippen LogP contribution in [0.3, 0.4) is 0 Å². The Bertz CT molecular complexity index is 564. The van der Waals surface area contributed by atoms with E-state index in [4.69, 9.17) is 21.4 Å². The minimum absolute atomic E-state index is 0.216. The number of methoxy groups -OCH3 is 1. The van der Waals surface area contributed by atoms with Crippen molar-refractivity contribution in [1.29, 1.82) is 0 Å². The molecule has 0 aliphatic carbocycles. The largest absolute Gasteiger partial charge is 0.495 e. The van der Waals surface area contributed by atoms with Gasteiger partial charge in [0.1, 0.15) is 11.4 Å². The molecule has 0 bridgehead atoms. The quantitative estimate of drug-likeness (QED) is 0.910. The van der Waals surface area contributed by atoms with Crippen LogP contribution in [-0.4, -0.2) is 23.3 Å². The van der Waals surface area contributed by atoms with Crippen molar-refractivity contribution in [2.75, 3.05) is 7.11 Å². The lowest BCUT2D eigenvalue weighted by Crippen LogP contribution is -1.91. The second-order valence-corrected chi connectivity index (χ2v) is 3.64. The molecule has 88 valence electrons. The number of rotatable bonds is 3. The maximum Gasteiger partial charge on any atom is 0.374 e. The topological polar surface area (TPSA) is 72.6 Å². The molecular formula is C11H8ClNO4. The van der Waals surface area contributed by atoms with Crippen LogP contribution in [0.1, 0.15) is 10.6 Å². The van der Waals surface area contributed by atoms with E-state index < -0.39 is 5.97 Å². The van der Waals surface area contributed by atoms with Crippen LogP contribution in [0, 0.1) is 0 Å².